The maximum atomic E-state index is 11.6. The van der Waals surface area contributed by atoms with Crippen molar-refractivity contribution in [3.63, 3.8) is 0 Å². The Kier molecular flexibility index (Phi) is 2.73. The largest absolute Gasteiger partial charge is 0.394 e. The molecule has 0 spiro atoms. The molecule has 0 bridgehead atoms. The van der Waals surface area contributed by atoms with Crippen LogP contribution in [0.15, 0.2) is 11.1 Å². The molecule has 0 unspecified atom stereocenters. The second kappa shape index (κ2) is 4.30. The van der Waals surface area contributed by atoms with Gasteiger partial charge in [0.05, 0.1) is 19.0 Å². The number of hydrogen-bond donors (Lipinski definition) is 4. The van der Waals surface area contributed by atoms with E-state index in [9.17, 15) is 9.90 Å². The van der Waals surface area contributed by atoms with Gasteiger partial charge in [-0.2, -0.15) is 4.98 Å². The van der Waals surface area contributed by atoms with E-state index in [1.165, 1.54) is 10.9 Å². The number of H-pyrrole nitrogens is 1. The average Bonchev–Trinajstić information content (AvgIpc) is 2.92. The second-order valence-corrected chi connectivity index (χ2v) is 4.39. The molecule has 0 aliphatic carbocycles. The van der Waals surface area contributed by atoms with Gasteiger partial charge in [-0.25, -0.2) is 4.98 Å². The highest BCUT2D eigenvalue weighted by Gasteiger charge is 2.35. The molecule has 19 heavy (non-hydrogen) atoms. The fraction of sp³-hybridized carbons (Fsp3) is 0.500. The minimum absolute atomic E-state index is 0.0171. The van der Waals surface area contributed by atoms with Crippen LogP contribution in [0.25, 0.3) is 11.2 Å². The maximum Gasteiger partial charge on any atom is 0.280 e. The van der Waals surface area contributed by atoms with Gasteiger partial charge in [-0.05, 0) is 0 Å². The summed E-state index contributed by atoms with van der Waals surface area (Å²) >= 11 is 0. The number of nitrogens with one attached hydrogen (secondary N) is 1. The zero-order valence-corrected chi connectivity index (χ0v) is 9.85. The number of aliphatic hydroxyl groups excluding tert-OH is 2. The predicted molar refractivity (Wildman–Crippen MR) is 64.2 cm³/mol. The lowest BCUT2D eigenvalue weighted by Crippen LogP contribution is -2.24. The molecule has 1 saturated heterocycles. The van der Waals surface area contributed by atoms with Crippen molar-refractivity contribution in [1.29, 1.82) is 0 Å². The standard InChI is InChI=1S/C10H13N5O4/c11-10-13-8-7(9(18)14-10)12-3-15(8)6-1-4(17)5(2-16)19-6/h3-6,16-17H,1-2H2,(H3,11,13,14,18)/t4-,5+,6+/m0/s1/i11+1,12+1,14+1. The smallest absolute Gasteiger partial charge is 0.280 e. The summed E-state index contributed by atoms with van der Waals surface area (Å²) < 4.78 is 7.01. The Labute approximate surface area is 106 Å². The van der Waals surface area contributed by atoms with Gasteiger partial charge in [0.25, 0.3) is 5.56 Å². The first kappa shape index (κ1) is 12.1. The molecule has 1 aliphatic heterocycles. The first-order valence-electron chi connectivity index (χ1n) is 5.77. The van der Waals surface area contributed by atoms with Crippen molar-refractivity contribution in [3.8, 4) is 0 Å². The Bertz CT molecular complexity index is 665. The van der Waals surface area contributed by atoms with Crippen molar-refractivity contribution in [1.82, 2.24) is 19.5 Å². The number of aliphatic hydroxyl groups is 2. The summed E-state index contributed by atoms with van der Waals surface area (Å²) in [6.45, 7) is -0.277. The lowest BCUT2D eigenvalue weighted by molar-refractivity contribution is -0.0432. The van der Waals surface area contributed by atoms with Crippen LogP contribution in [0.3, 0.4) is 0 Å². The number of nitrogens with zero attached hydrogens (tertiary/aromatic N) is 3. The van der Waals surface area contributed by atoms with E-state index in [2.05, 4.69) is 15.0 Å². The number of rotatable bonds is 2. The van der Waals surface area contributed by atoms with Crippen LogP contribution in [-0.4, -0.2) is 48.5 Å². The van der Waals surface area contributed by atoms with E-state index in [1.54, 1.807) is 0 Å². The van der Waals surface area contributed by atoms with Gasteiger partial charge in [0.15, 0.2) is 11.2 Å². The summed E-state index contributed by atoms with van der Waals surface area (Å²) in [4.78, 5) is 22.0. The molecule has 0 amide bonds. The zero-order chi connectivity index (χ0) is 13.6. The van der Waals surface area contributed by atoms with Crippen LogP contribution >= 0.6 is 0 Å². The molecule has 0 aromatic carbocycles. The molecule has 9 nitrogen and oxygen atoms in total. The summed E-state index contributed by atoms with van der Waals surface area (Å²) in [5.74, 6) is -0.0171. The van der Waals surface area contributed by atoms with Gasteiger partial charge in [0.1, 0.15) is 12.3 Å². The van der Waals surface area contributed by atoms with Gasteiger partial charge in [0.2, 0.25) is 5.95 Å². The highest BCUT2D eigenvalue weighted by atomic mass is 16.5. The molecular weight excluding hydrogens is 257 g/mol. The molecule has 9 heteroatoms. The highest BCUT2D eigenvalue weighted by molar-refractivity contribution is 5.70. The summed E-state index contributed by atoms with van der Waals surface area (Å²) in [6, 6.07) is 0. The van der Waals surface area contributed by atoms with E-state index >= 15 is 0 Å². The number of aromatic amines is 1. The SMILES string of the molecule is [15NH2]c1nc2c([15n]cn2[C@H]2C[C@H](O)[C@@H](CO)O2)c(=O)[15nH]1. The monoisotopic (exact) mass is 270 g/mol. The third-order valence-electron chi connectivity index (χ3n) is 3.15. The Morgan fingerprint density at radius 3 is 3.11 bits per heavy atom. The number of nitrogen functional groups attached to an aromatic ring is 1. The van der Waals surface area contributed by atoms with Crippen LogP contribution < -0.4 is 11.3 Å². The first-order chi connectivity index (χ1) is 9.10. The quantitative estimate of drug-likeness (QED) is 0.479. The van der Waals surface area contributed by atoms with Gasteiger partial charge >= 0.3 is 0 Å². The molecule has 102 valence electrons. The maximum absolute atomic E-state index is 11.6. The third-order valence-corrected chi connectivity index (χ3v) is 3.15. The topological polar surface area (TPSA) is 139 Å². The van der Waals surface area contributed by atoms with Gasteiger partial charge in [-0.3, -0.25) is 14.3 Å². The van der Waals surface area contributed by atoms with Crippen molar-refractivity contribution in [3.05, 3.63) is 16.7 Å². The molecule has 5 N–H and O–H groups in total. The Balaban J connectivity index is 2.05. The number of anilines is 1. The van der Waals surface area contributed by atoms with E-state index < -0.39 is 24.0 Å². The Hall–Kier alpha value is -1.97. The fourth-order valence-electron chi connectivity index (χ4n) is 2.20. The van der Waals surface area contributed by atoms with Gasteiger partial charge in [-0.15, -0.1) is 0 Å². The normalized spacial score (nSPS) is 27.2. The van der Waals surface area contributed by atoms with E-state index in [-0.39, 0.29) is 30.1 Å². The van der Waals surface area contributed by atoms with Crippen molar-refractivity contribution in [2.45, 2.75) is 24.9 Å². The minimum Gasteiger partial charge on any atom is -0.394 e. The molecule has 3 atom stereocenters. The minimum atomic E-state index is -0.771. The van der Waals surface area contributed by atoms with E-state index in [1.807, 2.05) is 0 Å². The van der Waals surface area contributed by atoms with Crippen molar-refractivity contribution >= 4 is 17.1 Å². The fourth-order valence-corrected chi connectivity index (χ4v) is 2.20. The predicted octanol–water partition coefficient (Wildman–Crippen LogP) is -1.66. The molecule has 0 saturated carbocycles. The van der Waals surface area contributed by atoms with Crippen LogP contribution in [0, 0.1) is 0 Å². The molecule has 1 fully saturated rings. The molecule has 2 aromatic heterocycles. The van der Waals surface area contributed by atoms with Crippen LogP contribution in [0.2, 0.25) is 0 Å². The van der Waals surface area contributed by atoms with Crippen molar-refractivity contribution < 1.29 is 14.9 Å². The van der Waals surface area contributed by atoms with Crippen LogP contribution in [-0.2, 0) is 4.74 Å². The van der Waals surface area contributed by atoms with E-state index in [4.69, 9.17) is 15.6 Å². The van der Waals surface area contributed by atoms with Gasteiger partial charge < -0.3 is 20.7 Å². The first-order valence-corrected chi connectivity index (χ1v) is 5.77. The molecule has 0 radical (unpaired) electrons. The number of ether oxygens (including phenoxy) is 1. The van der Waals surface area contributed by atoms with Crippen molar-refractivity contribution in [2.75, 3.05) is 12.3 Å². The lowest BCUT2D eigenvalue weighted by atomic mass is 10.2. The second-order valence-electron chi connectivity index (χ2n) is 4.39. The lowest BCUT2D eigenvalue weighted by Gasteiger charge is -2.13. The van der Waals surface area contributed by atoms with Crippen molar-refractivity contribution in [2.24, 2.45) is 0 Å². The summed E-state index contributed by atoms with van der Waals surface area (Å²) in [5.41, 5.74) is 5.50. The third kappa shape index (κ3) is 1.87. The number of aromatic nitrogens is 4. The number of nitrogens with two attached hydrogens (primary N) is 1. The summed E-state index contributed by atoms with van der Waals surface area (Å²) in [6.07, 6.45) is -0.270. The molecule has 1 aliphatic rings. The van der Waals surface area contributed by atoms with Gasteiger partial charge in [0, 0.05) is 6.42 Å². The summed E-state index contributed by atoms with van der Waals surface area (Å²) in [5, 5.41) is 18.8. The highest BCUT2D eigenvalue weighted by Crippen LogP contribution is 2.30. The Morgan fingerprint density at radius 1 is 1.63 bits per heavy atom. The number of imidazole rings is 1. The summed E-state index contributed by atoms with van der Waals surface area (Å²) in [7, 11) is 0. The number of fused-ring (bicyclic) bond motifs is 1. The zero-order valence-electron chi connectivity index (χ0n) is 9.85. The molecule has 3 rings (SSSR count). The van der Waals surface area contributed by atoms with Crippen LogP contribution in [0.4, 0.5) is 5.95 Å². The Morgan fingerprint density at radius 2 is 2.42 bits per heavy atom. The number of hydrogen-bond acceptors (Lipinski definition) is 7. The molecule has 2 aromatic rings. The van der Waals surface area contributed by atoms with E-state index in [0.29, 0.717) is 0 Å². The van der Waals surface area contributed by atoms with Gasteiger partial charge in [-0.1, -0.05) is 0 Å². The molecule has 3 heterocycles. The van der Waals surface area contributed by atoms with E-state index in [0.717, 1.165) is 0 Å². The van der Waals surface area contributed by atoms with Crippen LogP contribution in [0.5, 0.6) is 0 Å². The molecular formula is C10H13N5O4. The van der Waals surface area contributed by atoms with Crippen LogP contribution in [0.1, 0.15) is 12.6 Å². The average molecular weight is 270 g/mol.